The van der Waals surface area contributed by atoms with Crippen LogP contribution in [0.25, 0.3) is 10.1 Å². The molecule has 1 aromatic carbocycles. The number of hydrogen-bond acceptors (Lipinski definition) is 4. The van der Waals surface area contributed by atoms with Gasteiger partial charge in [-0.25, -0.2) is 0 Å². The SMILES string of the molecule is COC(=O)CCNc1ccc2sccc2c1. The number of esters is 1. The Balaban J connectivity index is 1.96. The minimum Gasteiger partial charge on any atom is -0.469 e. The van der Waals surface area contributed by atoms with Gasteiger partial charge >= 0.3 is 5.97 Å². The predicted octanol–water partition coefficient (Wildman–Crippen LogP) is 2.88. The van der Waals surface area contributed by atoms with Crippen LogP contribution in [0.3, 0.4) is 0 Å². The van der Waals surface area contributed by atoms with Crippen LogP contribution in [0.1, 0.15) is 6.42 Å². The number of hydrogen-bond donors (Lipinski definition) is 1. The molecule has 0 unspecified atom stereocenters. The molecule has 1 N–H and O–H groups in total. The van der Waals surface area contributed by atoms with Gasteiger partial charge in [0.05, 0.1) is 13.5 Å². The molecule has 2 aromatic rings. The summed E-state index contributed by atoms with van der Waals surface area (Å²) in [6.45, 7) is 0.600. The molecular formula is C12H13NO2S. The second-order valence-electron chi connectivity index (χ2n) is 3.43. The quantitative estimate of drug-likeness (QED) is 0.828. The number of rotatable bonds is 4. The predicted molar refractivity (Wildman–Crippen MR) is 66.9 cm³/mol. The third-order valence-electron chi connectivity index (χ3n) is 2.34. The number of fused-ring (bicyclic) bond motifs is 1. The summed E-state index contributed by atoms with van der Waals surface area (Å²) in [5.41, 5.74) is 1.04. The van der Waals surface area contributed by atoms with E-state index in [0.29, 0.717) is 13.0 Å². The topological polar surface area (TPSA) is 38.3 Å². The average molecular weight is 235 g/mol. The highest BCUT2D eigenvalue weighted by Crippen LogP contribution is 2.23. The van der Waals surface area contributed by atoms with Crippen molar-refractivity contribution in [2.75, 3.05) is 19.0 Å². The molecule has 2 rings (SSSR count). The zero-order valence-electron chi connectivity index (χ0n) is 9.03. The summed E-state index contributed by atoms with van der Waals surface area (Å²) in [5.74, 6) is -0.191. The number of benzene rings is 1. The largest absolute Gasteiger partial charge is 0.469 e. The van der Waals surface area contributed by atoms with Crippen LogP contribution in [-0.4, -0.2) is 19.6 Å². The number of carbonyl (C=O) groups excluding carboxylic acids is 1. The first kappa shape index (κ1) is 11.0. The minimum atomic E-state index is -0.191. The maximum Gasteiger partial charge on any atom is 0.307 e. The van der Waals surface area contributed by atoms with Crippen molar-refractivity contribution in [2.45, 2.75) is 6.42 Å². The molecule has 4 heteroatoms. The summed E-state index contributed by atoms with van der Waals surface area (Å²) in [5, 5.41) is 6.50. The maximum atomic E-state index is 10.9. The van der Waals surface area contributed by atoms with Crippen molar-refractivity contribution in [3.63, 3.8) is 0 Å². The van der Waals surface area contributed by atoms with Gasteiger partial charge in [-0.3, -0.25) is 4.79 Å². The highest BCUT2D eigenvalue weighted by molar-refractivity contribution is 7.17. The molecule has 0 aliphatic carbocycles. The van der Waals surface area contributed by atoms with Gasteiger partial charge in [-0.2, -0.15) is 0 Å². The molecule has 3 nitrogen and oxygen atoms in total. The van der Waals surface area contributed by atoms with E-state index < -0.39 is 0 Å². The number of ether oxygens (including phenoxy) is 1. The fourth-order valence-corrected chi connectivity index (χ4v) is 2.26. The summed E-state index contributed by atoms with van der Waals surface area (Å²) < 4.78 is 5.85. The lowest BCUT2D eigenvalue weighted by molar-refractivity contribution is -0.140. The van der Waals surface area contributed by atoms with Crippen molar-refractivity contribution in [1.29, 1.82) is 0 Å². The first-order valence-electron chi connectivity index (χ1n) is 5.07. The Morgan fingerprint density at radius 3 is 3.12 bits per heavy atom. The van der Waals surface area contributed by atoms with E-state index in [4.69, 9.17) is 0 Å². The second kappa shape index (κ2) is 4.99. The van der Waals surface area contributed by atoms with Gasteiger partial charge in [-0.05, 0) is 35.0 Å². The van der Waals surface area contributed by atoms with E-state index in [0.717, 1.165) is 5.69 Å². The molecule has 0 saturated carbocycles. The molecule has 16 heavy (non-hydrogen) atoms. The Kier molecular flexibility index (Phi) is 3.41. The van der Waals surface area contributed by atoms with Crippen molar-refractivity contribution >= 4 is 33.1 Å². The number of thiophene rings is 1. The number of methoxy groups -OCH3 is 1. The lowest BCUT2D eigenvalue weighted by Gasteiger charge is -2.05. The van der Waals surface area contributed by atoms with Gasteiger partial charge in [0.25, 0.3) is 0 Å². The van der Waals surface area contributed by atoms with E-state index in [1.807, 2.05) is 6.07 Å². The Bertz CT molecular complexity index is 492. The van der Waals surface area contributed by atoms with Gasteiger partial charge in [0.15, 0.2) is 0 Å². The monoisotopic (exact) mass is 235 g/mol. The van der Waals surface area contributed by atoms with E-state index in [1.54, 1.807) is 11.3 Å². The Hall–Kier alpha value is -1.55. The highest BCUT2D eigenvalue weighted by atomic mass is 32.1. The van der Waals surface area contributed by atoms with Gasteiger partial charge in [-0.15, -0.1) is 11.3 Å². The summed E-state index contributed by atoms with van der Waals surface area (Å²) in [6, 6.07) is 8.28. The van der Waals surface area contributed by atoms with E-state index in [1.165, 1.54) is 17.2 Å². The minimum absolute atomic E-state index is 0.191. The van der Waals surface area contributed by atoms with Crippen molar-refractivity contribution in [2.24, 2.45) is 0 Å². The molecule has 84 valence electrons. The normalized spacial score (nSPS) is 10.3. The van der Waals surface area contributed by atoms with Crippen LogP contribution < -0.4 is 5.32 Å². The molecule has 1 heterocycles. The molecule has 0 bridgehead atoms. The molecular weight excluding hydrogens is 222 g/mol. The number of nitrogens with one attached hydrogen (secondary N) is 1. The summed E-state index contributed by atoms with van der Waals surface area (Å²) in [6.07, 6.45) is 0.387. The Labute approximate surface area is 98.0 Å². The fraction of sp³-hybridized carbons (Fsp3) is 0.250. The standard InChI is InChI=1S/C12H13NO2S/c1-15-12(14)4-6-13-10-2-3-11-9(8-10)5-7-16-11/h2-3,5,7-8,13H,4,6H2,1H3. The van der Waals surface area contributed by atoms with Crippen LogP contribution in [0.15, 0.2) is 29.6 Å². The third-order valence-corrected chi connectivity index (χ3v) is 3.24. The lowest BCUT2D eigenvalue weighted by atomic mass is 10.2. The smallest absolute Gasteiger partial charge is 0.307 e. The first-order valence-corrected chi connectivity index (χ1v) is 5.95. The van der Waals surface area contributed by atoms with Gasteiger partial charge in [0.1, 0.15) is 0 Å². The Morgan fingerprint density at radius 1 is 1.44 bits per heavy atom. The van der Waals surface area contributed by atoms with Crippen LogP contribution in [0.5, 0.6) is 0 Å². The summed E-state index contributed by atoms with van der Waals surface area (Å²) in [4.78, 5) is 10.9. The lowest BCUT2D eigenvalue weighted by Crippen LogP contribution is -2.09. The van der Waals surface area contributed by atoms with E-state index in [2.05, 4.69) is 33.6 Å². The number of carbonyl (C=O) groups is 1. The zero-order chi connectivity index (χ0) is 11.4. The molecule has 0 fully saturated rings. The molecule has 0 atom stereocenters. The molecule has 1 aromatic heterocycles. The molecule has 0 aliphatic rings. The molecule has 0 spiro atoms. The van der Waals surface area contributed by atoms with Crippen LogP contribution >= 0.6 is 11.3 Å². The Morgan fingerprint density at radius 2 is 2.31 bits per heavy atom. The van der Waals surface area contributed by atoms with Crippen molar-refractivity contribution in [3.8, 4) is 0 Å². The van der Waals surface area contributed by atoms with Crippen molar-refractivity contribution in [1.82, 2.24) is 0 Å². The first-order chi connectivity index (χ1) is 7.79. The van der Waals surface area contributed by atoms with Gasteiger partial charge in [0, 0.05) is 16.9 Å². The van der Waals surface area contributed by atoms with Crippen molar-refractivity contribution in [3.05, 3.63) is 29.6 Å². The van der Waals surface area contributed by atoms with Crippen LogP contribution in [-0.2, 0) is 9.53 Å². The molecule has 0 saturated heterocycles. The van der Waals surface area contributed by atoms with Crippen molar-refractivity contribution < 1.29 is 9.53 Å². The van der Waals surface area contributed by atoms with Crippen LogP contribution in [0.4, 0.5) is 5.69 Å². The van der Waals surface area contributed by atoms with Crippen LogP contribution in [0.2, 0.25) is 0 Å². The van der Waals surface area contributed by atoms with Crippen LogP contribution in [0, 0.1) is 0 Å². The summed E-state index contributed by atoms with van der Waals surface area (Å²) in [7, 11) is 1.40. The number of anilines is 1. The molecule has 0 aliphatic heterocycles. The van der Waals surface area contributed by atoms with E-state index in [-0.39, 0.29) is 5.97 Å². The third kappa shape index (κ3) is 2.52. The van der Waals surface area contributed by atoms with Gasteiger partial charge in [-0.1, -0.05) is 0 Å². The molecule has 0 radical (unpaired) electrons. The van der Waals surface area contributed by atoms with Gasteiger partial charge < -0.3 is 10.1 Å². The summed E-state index contributed by atoms with van der Waals surface area (Å²) >= 11 is 1.73. The zero-order valence-corrected chi connectivity index (χ0v) is 9.84. The fourth-order valence-electron chi connectivity index (χ4n) is 1.49. The van der Waals surface area contributed by atoms with E-state index in [9.17, 15) is 4.79 Å². The highest BCUT2D eigenvalue weighted by Gasteiger charge is 2.00. The van der Waals surface area contributed by atoms with E-state index >= 15 is 0 Å². The maximum absolute atomic E-state index is 10.9. The van der Waals surface area contributed by atoms with Gasteiger partial charge in [0.2, 0.25) is 0 Å². The average Bonchev–Trinajstić information content (AvgIpc) is 2.76. The second-order valence-corrected chi connectivity index (χ2v) is 4.37. The molecule has 0 amide bonds.